The van der Waals surface area contributed by atoms with E-state index in [0.29, 0.717) is 5.82 Å². The molecule has 0 spiro atoms. The summed E-state index contributed by atoms with van der Waals surface area (Å²) < 4.78 is 4.41. The summed E-state index contributed by atoms with van der Waals surface area (Å²) in [6.07, 6.45) is 7.02. The SMILES string of the molecule is CCCCc1nc2ccc(-c3nccn3C)cc2n1Cc1ccc(-c2ccccc2-c2nnn[nH]2)cc1. The number of aromatic nitrogens is 8. The molecule has 0 amide bonds. The van der Waals surface area contributed by atoms with Crippen LogP contribution in [0.3, 0.4) is 0 Å². The number of tetrazole rings is 1. The van der Waals surface area contributed by atoms with Crippen molar-refractivity contribution in [3.63, 3.8) is 0 Å². The molecule has 3 aromatic heterocycles. The lowest BCUT2D eigenvalue weighted by molar-refractivity contribution is 0.690. The summed E-state index contributed by atoms with van der Waals surface area (Å²) in [4.78, 5) is 9.56. The van der Waals surface area contributed by atoms with Gasteiger partial charge in [-0.3, -0.25) is 0 Å². The highest BCUT2D eigenvalue weighted by molar-refractivity contribution is 5.82. The standard InChI is InChI=1S/C29H28N8/c1-3-4-9-27-31-25-15-14-22(29-30-16-17-36(29)2)18-26(25)37(27)19-20-10-12-21(13-11-20)23-7-5-6-8-24(23)28-32-34-35-33-28/h5-8,10-18H,3-4,9,19H2,1-2H3,(H,32,33,34,35). The Labute approximate surface area is 215 Å². The van der Waals surface area contributed by atoms with Gasteiger partial charge in [-0.15, -0.1) is 5.10 Å². The second-order valence-corrected chi connectivity index (χ2v) is 9.28. The third kappa shape index (κ3) is 4.42. The largest absolute Gasteiger partial charge is 0.334 e. The maximum Gasteiger partial charge on any atom is 0.180 e. The molecule has 0 unspecified atom stereocenters. The first-order chi connectivity index (χ1) is 18.2. The van der Waals surface area contributed by atoms with Crippen molar-refractivity contribution in [3.05, 3.63) is 90.5 Å². The highest BCUT2D eigenvalue weighted by Gasteiger charge is 2.15. The normalized spacial score (nSPS) is 11.4. The Hall–Kier alpha value is -4.59. The molecule has 0 saturated carbocycles. The third-order valence-electron chi connectivity index (χ3n) is 6.79. The molecule has 3 heterocycles. The van der Waals surface area contributed by atoms with Gasteiger partial charge in [0.1, 0.15) is 11.6 Å². The van der Waals surface area contributed by atoms with Crippen LogP contribution in [-0.4, -0.2) is 39.7 Å². The van der Waals surface area contributed by atoms with Crippen LogP contribution >= 0.6 is 0 Å². The Bertz CT molecular complexity index is 1640. The number of nitrogens with zero attached hydrogens (tertiary/aromatic N) is 7. The minimum atomic E-state index is 0.661. The summed E-state index contributed by atoms with van der Waals surface area (Å²) in [7, 11) is 2.02. The molecule has 0 radical (unpaired) electrons. The van der Waals surface area contributed by atoms with Crippen molar-refractivity contribution in [2.45, 2.75) is 32.7 Å². The minimum absolute atomic E-state index is 0.661. The predicted octanol–water partition coefficient (Wildman–Crippen LogP) is 5.67. The number of fused-ring (bicyclic) bond motifs is 1. The van der Waals surface area contributed by atoms with Crippen LogP contribution in [-0.2, 0) is 20.0 Å². The first-order valence-electron chi connectivity index (χ1n) is 12.6. The highest BCUT2D eigenvalue weighted by Crippen LogP contribution is 2.30. The molecule has 6 rings (SSSR count). The quantitative estimate of drug-likeness (QED) is 0.298. The predicted molar refractivity (Wildman–Crippen MR) is 145 cm³/mol. The maximum atomic E-state index is 5.01. The van der Waals surface area contributed by atoms with E-state index in [1.54, 1.807) is 0 Å². The van der Waals surface area contributed by atoms with Crippen LogP contribution < -0.4 is 0 Å². The molecule has 37 heavy (non-hydrogen) atoms. The Morgan fingerprint density at radius 3 is 2.46 bits per heavy atom. The smallest absolute Gasteiger partial charge is 0.180 e. The molecule has 1 N–H and O–H groups in total. The summed E-state index contributed by atoms with van der Waals surface area (Å²) >= 11 is 0. The number of H-pyrrole nitrogens is 1. The van der Waals surface area contributed by atoms with Crippen LogP contribution in [0.15, 0.2) is 79.1 Å². The van der Waals surface area contributed by atoms with Crippen LogP contribution in [0, 0.1) is 0 Å². The van der Waals surface area contributed by atoms with Crippen molar-refractivity contribution in [1.82, 2.24) is 39.7 Å². The molecule has 0 fully saturated rings. The van der Waals surface area contributed by atoms with Crippen molar-refractivity contribution in [1.29, 1.82) is 0 Å². The van der Waals surface area contributed by atoms with Gasteiger partial charge >= 0.3 is 0 Å². The first kappa shape index (κ1) is 22.8. The molecule has 8 nitrogen and oxygen atoms in total. The number of imidazole rings is 2. The van der Waals surface area contributed by atoms with E-state index in [0.717, 1.165) is 70.7 Å². The zero-order valence-electron chi connectivity index (χ0n) is 21.0. The number of aryl methyl sites for hydroxylation is 2. The molecule has 0 atom stereocenters. The average molecular weight is 489 g/mol. The van der Waals surface area contributed by atoms with E-state index in [4.69, 9.17) is 4.98 Å². The number of unbranched alkanes of at least 4 members (excludes halogenated alkanes) is 1. The van der Waals surface area contributed by atoms with Crippen molar-refractivity contribution >= 4 is 11.0 Å². The lowest BCUT2D eigenvalue weighted by atomic mass is 9.98. The Morgan fingerprint density at radius 2 is 1.73 bits per heavy atom. The van der Waals surface area contributed by atoms with Gasteiger partial charge in [-0.25, -0.2) is 15.1 Å². The van der Waals surface area contributed by atoms with Gasteiger partial charge < -0.3 is 9.13 Å². The number of hydrogen-bond donors (Lipinski definition) is 1. The molecular formula is C29H28N8. The highest BCUT2D eigenvalue weighted by atomic mass is 15.5. The Morgan fingerprint density at radius 1 is 0.919 bits per heavy atom. The Kier molecular flexibility index (Phi) is 6.06. The van der Waals surface area contributed by atoms with E-state index in [1.165, 1.54) is 5.56 Å². The number of hydrogen-bond acceptors (Lipinski definition) is 5. The second kappa shape index (κ2) is 9.81. The van der Waals surface area contributed by atoms with Gasteiger partial charge in [0, 0.05) is 43.5 Å². The van der Waals surface area contributed by atoms with Crippen LogP contribution in [0.5, 0.6) is 0 Å². The summed E-state index contributed by atoms with van der Waals surface area (Å²) in [6.45, 7) is 2.98. The van der Waals surface area contributed by atoms with Crippen molar-refractivity contribution < 1.29 is 0 Å². The minimum Gasteiger partial charge on any atom is -0.334 e. The zero-order chi connectivity index (χ0) is 25.2. The first-order valence-corrected chi connectivity index (χ1v) is 12.6. The van der Waals surface area contributed by atoms with Gasteiger partial charge in [0.15, 0.2) is 5.82 Å². The van der Waals surface area contributed by atoms with E-state index >= 15 is 0 Å². The maximum absolute atomic E-state index is 5.01. The van der Waals surface area contributed by atoms with Gasteiger partial charge in [0.2, 0.25) is 0 Å². The number of aromatic amines is 1. The molecule has 0 aliphatic carbocycles. The molecular weight excluding hydrogens is 460 g/mol. The topological polar surface area (TPSA) is 90.1 Å². The van der Waals surface area contributed by atoms with Gasteiger partial charge in [-0.1, -0.05) is 61.9 Å². The van der Waals surface area contributed by atoms with Gasteiger partial charge in [0.25, 0.3) is 0 Å². The summed E-state index contributed by atoms with van der Waals surface area (Å²) in [5.74, 6) is 2.74. The average Bonchev–Trinajstić information content (AvgIpc) is 3.69. The number of nitrogens with one attached hydrogen (secondary N) is 1. The van der Waals surface area contributed by atoms with Crippen LogP contribution in [0.1, 0.15) is 31.2 Å². The molecule has 3 aromatic carbocycles. The van der Waals surface area contributed by atoms with E-state index < -0.39 is 0 Å². The van der Waals surface area contributed by atoms with Crippen LogP contribution in [0.4, 0.5) is 0 Å². The third-order valence-corrected chi connectivity index (χ3v) is 6.79. The lowest BCUT2D eigenvalue weighted by Crippen LogP contribution is -2.05. The number of benzene rings is 3. The summed E-state index contributed by atoms with van der Waals surface area (Å²) in [5, 5.41) is 14.4. The monoisotopic (exact) mass is 488 g/mol. The zero-order valence-corrected chi connectivity index (χ0v) is 21.0. The van der Waals surface area contributed by atoms with Crippen molar-refractivity contribution in [2.24, 2.45) is 7.05 Å². The van der Waals surface area contributed by atoms with Gasteiger partial charge in [-0.05, 0) is 51.7 Å². The van der Waals surface area contributed by atoms with E-state index in [1.807, 2.05) is 42.2 Å². The molecule has 6 aromatic rings. The Balaban J connectivity index is 1.36. The molecule has 0 bridgehead atoms. The van der Waals surface area contributed by atoms with E-state index in [-0.39, 0.29) is 0 Å². The van der Waals surface area contributed by atoms with E-state index in [2.05, 4.69) is 85.6 Å². The number of rotatable bonds is 8. The molecule has 184 valence electrons. The fraction of sp³-hybridized carbons (Fsp3) is 0.207. The molecule has 0 aliphatic rings. The van der Waals surface area contributed by atoms with E-state index in [9.17, 15) is 0 Å². The van der Waals surface area contributed by atoms with Crippen molar-refractivity contribution in [3.8, 4) is 33.9 Å². The second-order valence-electron chi connectivity index (χ2n) is 9.28. The van der Waals surface area contributed by atoms with Crippen LogP contribution in [0.25, 0.3) is 44.9 Å². The summed E-state index contributed by atoms with van der Waals surface area (Å²) in [5.41, 5.74) is 7.66. The van der Waals surface area contributed by atoms with Gasteiger partial charge in [0.05, 0.1) is 11.0 Å². The van der Waals surface area contributed by atoms with Crippen LogP contribution in [0.2, 0.25) is 0 Å². The molecule has 8 heteroatoms. The molecule has 0 aliphatic heterocycles. The fourth-order valence-electron chi connectivity index (χ4n) is 4.84. The summed E-state index contributed by atoms with van der Waals surface area (Å²) in [6, 6.07) is 23.3. The van der Waals surface area contributed by atoms with Crippen molar-refractivity contribution in [2.75, 3.05) is 0 Å². The molecule has 0 saturated heterocycles. The fourth-order valence-corrected chi connectivity index (χ4v) is 4.84. The lowest BCUT2D eigenvalue weighted by Gasteiger charge is -2.12. The van der Waals surface area contributed by atoms with Gasteiger partial charge in [-0.2, -0.15) is 0 Å².